The van der Waals surface area contributed by atoms with E-state index in [2.05, 4.69) is 15.0 Å². The molecule has 1 aliphatic rings. The van der Waals surface area contributed by atoms with E-state index in [4.69, 9.17) is 0 Å². The molecule has 0 spiro atoms. The van der Waals surface area contributed by atoms with Gasteiger partial charge < -0.3 is 4.98 Å². The van der Waals surface area contributed by atoms with Crippen molar-refractivity contribution in [1.29, 1.82) is 0 Å². The summed E-state index contributed by atoms with van der Waals surface area (Å²) in [7, 11) is 0. The van der Waals surface area contributed by atoms with Crippen molar-refractivity contribution in [3.8, 4) is 11.4 Å². The van der Waals surface area contributed by atoms with Gasteiger partial charge in [-0.3, -0.25) is 10.1 Å². The Morgan fingerprint density at radius 3 is 3.05 bits per heavy atom. The van der Waals surface area contributed by atoms with E-state index in [1.54, 1.807) is 12.1 Å². The fraction of sp³-hybridized carbons (Fsp3) is 0.143. The van der Waals surface area contributed by atoms with Crippen molar-refractivity contribution in [2.45, 2.75) is 12.8 Å². The molecule has 0 aliphatic heterocycles. The number of nitrogens with one attached hydrogen (secondary N) is 1. The summed E-state index contributed by atoms with van der Waals surface area (Å²) >= 11 is 0. The third-order valence-corrected chi connectivity index (χ3v) is 3.77. The van der Waals surface area contributed by atoms with Gasteiger partial charge in [0.05, 0.1) is 16.3 Å². The first-order chi connectivity index (χ1) is 9.74. The molecule has 1 N–H and O–H groups in total. The van der Waals surface area contributed by atoms with Crippen LogP contribution in [-0.4, -0.2) is 19.9 Å². The van der Waals surface area contributed by atoms with Crippen molar-refractivity contribution in [3.05, 3.63) is 52.0 Å². The average molecular weight is 266 g/mol. The van der Waals surface area contributed by atoms with Crippen molar-refractivity contribution in [2.75, 3.05) is 0 Å². The number of rotatable bonds is 1. The highest BCUT2D eigenvalue weighted by Crippen LogP contribution is 2.36. The number of non-ortho nitro benzene ring substituents is 1. The van der Waals surface area contributed by atoms with Crippen LogP contribution in [0.2, 0.25) is 0 Å². The molecule has 0 saturated carbocycles. The van der Waals surface area contributed by atoms with Crippen molar-refractivity contribution >= 4 is 16.6 Å². The first-order valence-corrected chi connectivity index (χ1v) is 6.32. The van der Waals surface area contributed by atoms with Crippen molar-refractivity contribution < 1.29 is 4.92 Å². The van der Waals surface area contributed by atoms with E-state index in [9.17, 15) is 10.1 Å². The van der Waals surface area contributed by atoms with E-state index in [0.717, 1.165) is 46.3 Å². The van der Waals surface area contributed by atoms with E-state index < -0.39 is 0 Å². The molecular formula is C14H10N4O2. The van der Waals surface area contributed by atoms with E-state index in [-0.39, 0.29) is 10.6 Å². The number of H-pyrrole nitrogens is 1. The van der Waals surface area contributed by atoms with Gasteiger partial charge in [0.25, 0.3) is 5.69 Å². The van der Waals surface area contributed by atoms with E-state index >= 15 is 0 Å². The molecular weight excluding hydrogens is 256 g/mol. The van der Waals surface area contributed by atoms with Crippen LogP contribution in [0.25, 0.3) is 22.3 Å². The molecule has 6 heteroatoms. The molecule has 6 nitrogen and oxygen atoms in total. The number of hydrogen-bond acceptors (Lipinski definition) is 4. The van der Waals surface area contributed by atoms with Crippen molar-refractivity contribution in [1.82, 2.24) is 15.0 Å². The summed E-state index contributed by atoms with van der Waals surface area (Å²) in [5.41, 5.74) is 5.11. The molecule has 0 atom stereocenters. The Bertz CT molecular complexity index is 854. The standard InChI is InChI=1S/C14H10N4O2/c19-18(20)9-2-4-12-11(5-9)10-3-1-8-6-15-7-16-13(8)14(10)17-12/h2,4-7,17H,1,3H2. The van der Waals surface area contributed by atoms with E-state index in [1.807, 2.05) is 6.20 Å². The zero-order valence-corrected chi connectivity index (χ0v) is 10.5. The monoisotopic (exact) mass is 266 g/mol. The van der Waals surface area contributed by atoms with Crippen molar-refractivity contribution in [2.24, 2.45) is 0 Å². The normalized spacial score (nSPS) is 13.0. The van der Waals surface area contributed by atoms with E-state index in [0.29, 0.717) is 0 Å². The van der Waals surface area contributed by atoms with Gasteiger partial charge in [0.1, 0.15) is 6.33 Å². The number of hydrogen-bond donors (Lipinski definition) is 1. The summed E-state index contributed by atoms with van der Waals surface area (Å²) in [6, 6.07) is 4.91. The Labute approximate surface area is 113 Å². The topological polar surface area (TPSA) is 84.7 Å². The Morgan fingerprint density at radius 1 is 1.30 bits per heavy atom. The second-order valence-corrected chi connectivity index (χ2v) is 4.86. The number of aromatic nitrogens is 3. The SMILES string of the molecule is O=[N+]([O-])c1ccc2[nH]c3c(c2c1)CCc1cncnc1-3. The van der Waals surface area contributed by atoms with Gasteiger partial charge in [0, 0.05) is 29.2 Å². The Kier molecular flexibility index (Phi) is 2.14. The quantitative estimate of drug-likeness (QED) is 0.542. The molecule has 3 aromatic rings. The smallest absolute Gasteiger partial charge is 0.270 e. The molecule has 0 saturated heterocycles. The van der Waals surface area contributed by atoms with Gasteiger partial charge in [-0.05, 0) is 30.0 Å². The van der Waals surface area contributed by atoms with Crippen LogP contribution in [0.3, 0.4) is 0 Å². The maximum atomic E-state index is 10.9. The fourth-order valence-electron chi connectivity index (χ4n) is 2.84. The highest BCUT2D eigenvalue weighted by Gasteiger charge is 2.22. The molecule has 0 fully saturated rings. The third-order valence-electron chi connectivity index (χ3n) is 3.77. The molecule has 1 aliphatic carbocycles. The zero-order chi connectivity index (χ0) is 13.7. The lowest BCUT2D eigenvalue weighted by molar-refractivity contribution is -0.384. The second kappa shape index (κ2) is 3.86. The molecule has 0 bridgehead atoms. The van der Waals surface area contributed by atoms with Crippen LogP contribution in [-0.2, 0) is 12.8 Å². The molecule has 0 amide bonds. The highest BCUT2D eigenvalue weighted by molar-refractivity contribution is 5.92. The maximum absolute atomic E-state index is 10.9. The summed E-state index contributed by atoms with van der Waals surface area (Å²) in [6.45, 7) is 0. The minimum absolute atomic E-state index is 0.118. The first kappa shape index (κ1) is 11.1. The van der Waals surface area contributed by atoms with Crippen LogP contribution in [0.5, 0.6) is 0 Å². The molecule has 0 radical (unpaired) electrons. The molecule has 2 heterocycles. The highest BCUT2D eigenvalue weighted by atomic mass is 16.6. The number of aromatic amines is 1. The summed E-state index contributed by atoms with van der Waals surface area (Å²) in [6.07, 6.45) is 5.07. The maximum Gasteiger partial charge on any atom is 0.270 e. The summed E-state index contributed by atoms with van der Waals surface area (Å²) in [5.74, 6) is 0. The predicted molar refractivity (Wildman–Crippen MR) is 73.4 cm³/mol. The van der Waals surface area contributed by atoms with Gasteiger partial charge >= 0.3 is 0 Å². The largest absolute Gasteiger partial charge is 0.353 e. The molecule has 20 heavy (non-hydrogen) atoms. The third kappa shape index (κ3) is 1.45. The van der Waals surface area contributed by atoms with Gasteiger partial charge in [-0.25, -0.2) is 9.97 Å². The number of nitrogens with zero attached hydrogens (tertiary/aromatic N) is 3. The number of nitro groups is 1. The van der Waals surface area contributed by atoms with Crippen LogP contribution in [0, 0.1) is 10.1 Å². The van der Waals surface area contributed by atoms with Gasteiger partial charge in [-0.1, -0.05) is 0 Å². The minimum Gasteiger partial charge on any atom is -0.353 e. The van der Waals surface area contributed by atoms with Crippen LogP contribution in [0.4, 0.5) is 5.69 Å². The zero-order valence-electron chi connectivity index (χ0n) is 10.5. The van der Waals surface area contributed by atoms with Gasteiger partial charge in [0.15, 0.2) is 0 Å². The summed E-state index contributed by atoms with van der Waals surface area (Å²) in [5, 5.41) is 11.8. The van der Waals surface area contributed by atoms with Crippen LogP contribution in [0.1, 0.15) is 11.1 Å². The summed E-state index contributed by atoms with van der Waals surface area (Å²) < 4.78 is 0. The lowest BCUT2D eigenvalue weighted by atomic mass is 9.93. The van der Waals surface area contributed by atoms with Gasteiger partial charge in [-0.15, -0.1) is 0 Å². The lowest BCUT2D eigenvalue weighted by Gasteiger charge is -2.14. The predicted octanol–water partition coefficient (Wildman–Crippen LogP) is 2.63. The Morgan fingerprint density at radius 2 is 2.20 bits per heavy atom. The van der Waals surface area contributed by atoms with E-state index in [1.165, 1.54) is 12.4 Å². The number of aryl methyl sites for hydroxylation is 2. The second-order valence-electron chi connectivity index (χ2n) is 4.86. The molecule has 4 rings (SSSR count). The van der Waals surface area contributed by atoms with Crippen LogP contribution >= 0.6 is 0 Å². The Hall–Kier alpha value is -2.76. The number of fused-ring (bicyclic) bond motifs is 5. The fourth-order valence-corrected chi connectivity index (χ4v) is 2.84. The molecule has 0 unspecified atom stereocenters. The van der Waals surface area contributed by atoms with Gasteiger partial charge in [0.2, 0.25) is 0 Å². The van der Waals surface area contributed by atoms with Crippen LogP contribution < -0.4 is 0 Å². The minimum atomic E-state index is -0.363. The first-order valence-electron chi connectivity index (χ1n) is 6.32. The average Bonchev–Trinajstić information content (AvgIpc) is 2.85. The number of nitro benzene ring substituents is 1. The van der Waals surface area contributed by atoms with Gasteiger partial charge in [-0.2, -0.15) is 0 Å². The molecule has 98 valence electrons. The Balaban J connectivity index is 2.02. The molecule has 1 aromatic carbocycles. The van der Waals surface area contributed by atoms with Crippen molar-refractivity contribution in [3.63, 3.8) is 0 Å². The van der Waals surface area contributed by atoms with Crippen LogP contribution in [0.15, 0.2) is 30.7 Å². The molecule has 2 aromatic heterocycles. The lowest BCUT2D eigenvalue weighted by Crippen LogP contribution is -2.05. The summed E-state index contributed by atoms with van der Waals surface area (Å²) in [4.78, 5) is 22.3. The number of benzene rings is 1.